The van der Waals surface area contributed by atoms with Crippen molar-refractivity contribution in [2.24, 2.45) is 12.2 Å². The summed E-state index contributed by atoms with van der Waals surface area (Å²) in [6.07, 6.45) is 1.84. The summed E-state index contributed by atoms with van der Waals surface area (Å²) in [5, 5.41) is 17.1. The van der Waals surface area contributed by atoms with E-state index in [9.17, 15) is 8.42 Å². The molecule has 1 heterocycles. The molecular formula is C13H13ClN4O2S. The van der Waals surface area contributed by atoms with Gasteiger partial charge in [-0.05, 0) is 29.8 Å². The van der Waals surface area contributed by atoms with Crippen molar-refractivity contribution in [1.82, 2.24) is 4.57 Å². The maximum atomic E-state index is 11.3. The maximum absolute atomic E-state index is 11.3. The molecule has 0 radical (unpaired) electrons. The molecule has 1 aromatic carbocycles. The van der Waals surface area contributed by atoms with Crippen LogP contribution in [0, 0.1) is 11.3 Å². The lowest BCUT2D eigenvalue weighted by Gasteiger charge is -2.07. The Balaban J connectivity index is 2.14. The summed E-state index contributed by atoms with van der Waals surface area (Å²) >= 11 is 5.90. The molecule has 2 aromatic rings. The summed E-state index contributed by atoms with van der Waals surface area (Å²) in [4.78, 5) is -0.110. The third-order valence-corrected chi connectivity index (χ3v) is 4.30. The van der Waals surface area contributed by atoms with Crippen LogP contribution in [0.4, 0.5) is 5.69 Å². The number of halogens is 1. The van der Waals surface area contributed by atoms with Crippen LogP contribution in [0.1, 0.15) is 11.3 Å². The van der Waals surface area contributed by atoms with Gasteiger partial charge in [0, 0.05) is 25.5 Å². The number of hydrogen-bond acceptors (Lipinski definition) is 4. The van der Waals surface area contributed by atoms with E-state index >= 15 is 0 Å². The van der Waals surface area contributed by atoms with E-state index in [1.54, 1.807) is 23.7 Å². The number of nitrogens with two attached hydrogens (primary N) is 1. The smallest absolute Gasteiger partial charge is 0.239 e. The Morgan fingerprint density at radius 1 is 1.43 bits per heavy atom. The van der Waals surface area contributed by atoms with E-state index in [4.69, 9.17) is 22.0 Å². The van der Waals surface area contributed by atoms with E-state index in [1.165, 1.54) is 12.1 Å². The molecule has 6 nitrogen and oxygen atoms in total. The molecule has 0 fully saturated rings. The molecule has 21 heavy (non-hydrogen) atoms. The number of nitriles is 1. The SMILES string of the molecule is Cn1cc(CNc2ccc(S(N)(=O)=O)c(Cl)c2)cc1C#N. The van der Waals surface area contributed by atoms with Crippen LogP contribution in [0.15, 0.2) is 35.4 Å². The number of rotatable bonds is 4. The summed E-state index contributed by atoms with van der Waals surface area (Å²) in [6.45, 7) is 0.487. The van der Waals surface area contributed by atoms with Crippen molar-refractivity contribution in [1.29, 1.82) is 5.26 Å². The molecule has 0 amide bonds. The number of anilines is 1. The van der Waals surface area contributed by atoms with E-state index in [-0.39, 0.29) is 9.92 Å². The predicted octanol–water partition coefficient (Wildman–Crippen LogP) is 1.81. The molecule has 1 aromatic heterocycles. The Kier molecular flexibility index (Phi) is 4.23. The highest BCUT2D eigenvalue weighted by Gasteiger charge is 2.13. The van der Waals surface area contributed by atoms with E-state index in [1.807, 2.05) is 6.20 Å². The predicted molar refractivity (Wildman–Crippen MR) is 80.3 cm³/mol. The van der Waals surface area contributed by atoms with Crippen LogP contribution in [0.25, 0.3) is 0 Å². The fourth-order valence-corrected chi connectivity index (χ4v) is 2.98. The van der Waals surface area contributed by atoms with Gasteiger partial charge >= 0.3 is 0 Å². The topological polar surface area (TPSA) is 101 Å². The van der Waals surface area contributed by atoms with Crippen molar-refractivity contribution in [2.45, 2.75) is 11.4 Å². The van der Waals surface area contributed by atoms with Crippen molar-refractivity contribution in [2.75, 3.05) is 5.32 Å². The second-order valence-electron chi connectivity index (χ2n) is 4.50. The van der Waals surface area contributed by atoms with Gasteiger partial charge in [0.05, 0.1) is 5.02 Å². The summed E-state index contributed by atoms with van der Waals surface area (Å²) in [7, 11) is -2.03. The molecule has 110 valence electrons. The Bertz CT molecular complexity index is 821. The molecule has 3 N–H and O–H groups in total. The third-order valence-electron chi connectivity index (χ3n) is 2.91. The average Bonchev–Trinajstić information content (AvgIpc) is 2.75. The van der Waals surface area contributed by atoms with Gasteiger partial charge in [-0.15, -0.1) is 0 Å². The van der Waals surface area contributed by atoms with Gasteiger partial charge in [-0.2, -0.15) is 5.26 Å². The van der Waals surface area contributed by atoms with Crippen LogP contribution in [0.3, 0.4) is 0 Å². The third kappa shape index (κ3) is 3.55. The van der Waals surface area contributed by atoms with Crippen molar-refractivity contribution < 1.29 is 8.42 Å². The highest BCUT2D eigenvalue weighted by Crippen LogP contribution is 2.24. The first kappa shape index (κ1) is 15.4. The Hall–Kier alpha value is -2.01. The summed E-state index contributed by atoms with van der Waals surface area (Å²) in [5.41, 5.74) is 2.16. The number of aryl methyl sites for hydroxylation is 1. The molecule has 0 aliphatic heterocycles. The standard InChI is InChI=1S/C13H13ClN4O2S/c1-18-8-9(4-11(18)6-15)7-17-10-2-3-13(12(14)5-10)21(16,19)20/h2-5,8,17H,7H2,1H3,(H2,16,19,20). The van der Waals surface area contributed by atoms with Crippen molar-refractivity contribution >= 4 is 27.3 Å². The maximum Gasteiger partial charge on any atom is 0.239 e. The number of nitrogens with zero attached hydrogens (tertiary/aromatic N) is 2. The first-order valence-corrected chi connectivity index (χ1v) is 7.85. The Morgan fingerprint density at radius 3 is 2.67 bits per heavy atom. The van der Waals surface area contributed by atoms with E-state index < -0.39 is 10.0 Å². The number of hydrogen-bond donors (Lipinski definition) is 2. The fraction of sp³-hybridized carbons (Fsp3) is 0.154. The highest BCUT2D eigenvalue weighted by molar-refractivity contribution is 7.89. The minimum Gasteiger partial charge on any atom is -0.381 e. The van der Waals surface area contributed by atoms with E-state index in [0.717, 1.165) is 5.56 Å². The quantitative estimate of drug-likeness (QED) is 0.895. The molecule has 0 saturated carbocycles. The molecule has 2 rings (SSSR count). The van der Waals surface area contributed by atoms with Gasteiger partial charge in [-0.3, -0.25) is 0 Å². The van der Waals surface area contributed by atoms with Crippen molar-refractivity contribution in [3.8, 4) is 6.07 Å². The van der Waals surface area contributed by atoms with Gasteiger partial charge in [0.15, 0.2) is 0 Å². The number of sulfonamides is 1. The van der Waals surface area contributed by atoms with Crippen molar-refractivity contribution in [3.63, 3.8) is 0 Å². The van der Waals surface area contributed by atoms with Crippen molar-refractivity contribution in [3.05, 3.63) is 46.7 Å². The molecule has 0 bridgehead atoms. The summed E-state index contributed by atoms with van der Waals surface area (Å²) < 4.78 is 24.2. The minimum atomic E-state index is -3.82. The first-order valence-electron chi connectivity index (χ1n) is 5.93. The molecule has 0 saturated heterocycles. The molecule has 0 atom stereocenters. The average molecular weight is 325 g/mol. The van der Waals surface area contributed by atoms with Crippen LogP contribution in [-0.2, 0) is 23.6 Å². The second-order valence-corrected chi connectivity index (χ2v) is 6.44. The molecule has 0 aliphatic rings. The van der Waals surface area contributed by atoms with Gasteiger partial charge in [0.25, 0.3) is 0 Å². The van der Waals surface area contributed by atoms with E-state index in [2.05, 4.69) is 11.4 Å². The van der Waals surface area contributed by atoms with Gasteiger partial charge in [0.1, 0.15) is 16.7 Å². The Morgan fingerprint density at radius 2 is 2.14 bits per heavy atom. The lowest BCUT2D eigenvalue weighted by molar-refractivity contribution is 0.598. The second kappa shape index (κ2) is 5.77. The number of benzene rings is 1. The lowest BCUT2D eigenvalue weighted by atomic mass is 10.2. The molecule has 8 heteroatoms. The van der Waals surface area contributed by atoms with Crippen LogP contribution < -0.4 is 10.5 Å². The first-order chi connectivity index (χ1) is 9.81. The number of aromatic nitrogens is 1. The molecular weight excluding hydrogens is 312 g/mol. The van der Waals surface area contributed by atoms with Crippen LogP contribution in [-0.4, -0.2) is 13.0 Å². The molecule has 0 unspecified atom stereocenters. The zero-order valence-corrected chi connectivity index (χ0v) is 12.7. The van der Waals surface area contributed by atoms with E-state index in [0.29, 0.717) is 17.9 Å². The van der Waals surface area contributed by atoms with Gasteiger partial charge < -0.3 is 9.88 Å². The summed E-state index contributed by atoms with van der Waals surface area (Å²) in [5.74, 6) is 0. The van der Waals surface area contributed by atoms with Crippen LogP contribution >= 0.6 is 11.6 Å². The van der Waals surface area contributed by atoms with Crippen LogP contribution in [0.2, 0.25) is 5.02 Å². The zero-order valence-electron chi connectivity index (χ0n) is 11.2. The summed E-state index contributed by atoms with van der Waals surface area (Å²) in [6, 6.07) is 8.28. The lowest BCUT2D eigenvalue weighted by Crippen LogP contribution is -2.12. The fourth-order valence-electron chi connectivity index (χ4n) is 1.89. The number of nitrogens with one attached hydrogen (secondary N) is 1. The van der Waals surface area contributed by atoms with Gasteiger partial charge in [-0.1, -0.05) is 11.6 Å². The molecule has 0 aliphatic carbocycles. The minimum absolute atomic E-state index is 0.0632. The highest BCUT2D eigenvalue weighted by atomic mass is 35.5. The largest absolute Gasteiger partial charge is 0.381 e. The Labute approximate surface area is 127 Å². The van der Waals surface area contributed by atoms with Gasteiger partial charge in [-0.25, -0.2) is 13.6 Å². The number of primary sulfonamides is 1. The zero-order chi connectivity index (χ0) is 15.6. The monoisotopic (exact) mass is 324 g/mol. The normalized spacial score (nSPS) is 11.1. The van der Waals surface area contributed by atoms with Crippen LogP contribution in [0.5, 0.6) is 0 Å². The molecule has 0 spiro atoms. The van der Waals surface area contributed by atoms with Gasteiger partial charge in [0.2, 0.25) is 10.0 Å².